The molecule has 1 N–H and O–H groups in total. The monoisotopic (exact) mass is 425 g/mol. The van der Waals surface area contributed by atoms with Gasteiger partial charge in [0.1, 0.15) is 0 Å². The van der Waals surface area contributed by atoms with Gasteiger partial charge in [-0.25, -0.2) is 0 Å². The van der Waals surface area contributed by atoms with E-state index in [1.807, 2.05) is 11.8 Å². The number of aliphatic hydroxyl groups is 1. The maximum absolute atomic E-state index is 12.0. The molecule has 0 spiro atoms. The quantitative estimate of drug-likeness (QED) is 0.472. The first-order valence-corrected chi connectivity index (χ1v) is 12.7. The van der Waals surface area contributed by atoms with Crippen molar-refractivity contribution in [2.45, 2.75) is 75.7 Å². The number of benzene rings is 2. The predicted molar refractivity (Wildman–Crippen MR) is 132 cm³/mol. The minimum Gasteiger partial charge on any atom is -0.392 e. The number of hydrogen-bond donors (Lipinski definition) is 1. The zero-order valence-electron chi connectivity index (χ0n) is 19.2. The Morgan fingerprint density at radius 2 is 1.67 bits per heavy atom. The summed E-state index contributed by atoms with van der Waals surface area (Å²) in [4.78, 5) is 3.53. The summed E-state index contributed by atoms with van der Waals surface area (Å²) >= 11 is 1.98. The molecule has 1 aliphatic rings. The van der Waals surface area contributed by atoms with Crippen LogP contribution >= 0.6 is 11.8 Å². The standard InChI is InChI=1S/C27H39NOS/c1-5-7-16-27(17-8-6-2)20-30-25-15-14-22(28(3)4)19-23(25)24(26(27)29)18-21-12-10-9-11-13-21/h9-15,19,24,26,29H,5-8,16-18,20H2,1-4H3/t24-,26-/m1/s1. The maximum atomic E-state index is 12.0. The van der Waals surface area contributed by atoms with Crippen LogP contribution in [0.5, 0.6) is 0 Å². The van der Waals surface area contributed by atoms with Crippen LogP contribution in [0.25, 0.3) is 0 Å². The van der Waals surface area contributed by atoms with Crippen molar-refractivity contribution in [2.75, 3.05) is 24.7 Å². The molecular formula is C27H39NOS. The molecule has 0 saturated carbocycles. The lowest BCUT2D eigenvalue weighted by Gasteiger charge is -2.40. The van der Waals surface area contributed by atoms with Crippen molar-refractivity contribution in [3.05, 3.63) is 59.7 Å². The van der Waals surface area contributed by atoms with Crippen molar-refractivity contribution in [3.63, 3.8) is 0 Å². The van der Waals surface area contributed by atoms with Crippen LogP contribution in [0, 0.1) is 5.41 Å². The van der Waals surface area contributed by atoms with Crippen molar-refractivity contribution in [1.29, 1.82) is 0 Å². The lowest BCUT2D eigenvalue weighted by molar-refractivity contribution is 0.00464. The molecule has 164 valence electrons. The van der Waals surface area contributed by atoms with Gasteiger partial charge in [0.05, 0.1) is 6.10 Å². The van der Waals surface area contributed by atoms with Crippen LogP contribution in [-0.2, 0) is 6.42 Å². The van der Waals surface area contributed by atoms with Gasteiger partial charge >= 0.3 is 0 Å². The highest BCUT2D eigenvalue weighted by molar-refractivity contribution is 7.99. The molecule has 3 heteroatoms. The summed E-state index contributed by atoms with van der Waals surface area (Å²) in [5.74, 6) is 1.15. The highest BCUT2D eigenvalue weighted by atomic mass is 32.2. The Morgan fingerprint density at radius 3 is 2.27 bits per heavy atom. The van der Waals surface area contributed by atoms with E-state index in [2.05, 4.69) is 81.4 Å². The van der Waals surface area contributed by atoms with E-state index < -0.39 is 0 Å². The first kappa shape index (κ1) is 23.2. The molecule has 2 aromatic rings. The van der Waals surface area contributed by atoms with Gasteiger partial charge in [-0.1, -0.05) is 69.9 Å². The molecule has 3 rings (SSSR count). The average Bonchev–Trinajstić information content (AvgIpc) is 2.87. The number of aliphatic hydroxyl groups excluding tert-OH is 1. The SMILES string of the molecule is CCCCC1(CCCC)CSc2ccc(N(C)C)cc2[C@@H](Cc2ccccc2)[C@H]1O. The lowest BCUT2D eigenvalue weighted by Crippen LogP contribution is -2.41. The third-order valence-electron chi connectivity index (χ3n) is 6.79. The van der Waals surface area contributed by atoms with Crippen LogP contribution in [0.1, 0.15) is 69.4 Å². The second-order valence-corrected chi connectivity index (χ2v) is 10.2. The van der Waals surface area contributed by atoms with Crippen molar-refractivity contribution < 1.29 is 5.11 Å². The minimum absolute atomic E-state index is 0.00651. The van der Waals surface area contributed by atoms with E-state index in [1.54, 1.807) is 0 Å². The summed E-state index contributed by atoms with van der Waals surface area (Å²) in [6.45, 7) is 4.53. The van der Waals surface area contributed by atoms with Gasteiger partial charge < -0.3 is 10.0 Å². The topological polar surface area (TPSA) is 23.5 Å². The number of anilines is 1. The predicted octanol–water partition coefficient (Wildman–Crippen LogP) is 6.91. The van der Waals surface area contributed by atoms with Gasteiger partial charge in [0.15, 0.2) is 0 Å². The Hall–Kier alpha value is -1.45. The normalized spacial score (nSPS) is 20.4. The van der Waals surface area contributed by atoms with Crippen LogP contribution in [0.4, 0.5) is 5.69 Å². The molecule has 1 heterocycles. The Bertz CT molecular complexity index is 781. The summed E-state index contributed by atoms with van der Waals surface area (Å²) in [5, 5.41) is 12.0. The fourth-order valence-corrected chi connectivity index (χ4v) is 6.29. The van der Waals surface area contributed by atoms with Crippen LogP contribution in [0.2, 0.25) is 0 Å². The van der Waals surface area contributed by atoms with E-state index in [-0.39, 0.29) is 17.4 Å². The molecule has 0 aromatic heterocycles. The maximum Gasteiger partial charge on any atom is 0.0676 e. The first-order valence-electron chi connectivity index (χ1n) is 11.7. The molecule has 2 aromatic carbocycles. The molecule has 0 saturated heterocycles. The van der Waals surface area contributed by atoms with Gasteiger partial charge in [0, 0.05) is 41.8 Å². The first-order chi connectivity index (χ1) is 14.5. The second-order valence-electron chi connectivity index (χ2n) is 9.22. The molecule has 0 radical (unpaired) electrons. The lowest BCUT2D eigenvalue weighted by atomic mass is 9.68. The number of fused-ring (bicyclic) bond motifs is 1. The minimum atomic E-state index is -0.318. The van der Waals surface area contributed by atoms with E-state index in [9.17, 15) is 5.11 Å². The van der Waals surface area contributed by atoms with Gasteiger partial charge in [-0.15, -0.1) is 11.8 Å². The van der Waals surface area contributed by atoms with Crippen molar-refractivity contribution in [3.8, 4) is 0 Å². The number of unbranched alkanes of at least 4 members (excludes halogenated alkanes) is 2. The summed E-state index contributed by atoms with van der Waals surface area (Å²) in [5.41, 5.74) is 3.86. The van der Waals surface area contributed by atoms with Crippen molar-refractivity contribution >= 4 is 17.4 Å². The van der Waals surface area contributed by atoms with Gasteiger partial charge in [0.2, 0.25) is 0 Å². The van der Waals surface area contributed by atoms with Crippen LogP contribution in [0.3, 0.4) is 0 Å². The molecule has 0 amide bonds. The number of nitrogens with zero attached hydrogens (tertiary/aromatic N) is 1. The zero-order valence-corrected chi connectivity index (χ0v) is 20.0. The van der Waals surface area contributed by atoms with Crippen LogP contribution in [-0.4, -0.2) is 31.1 Å². The Kier molecular flexibility index (Phi) is 8.30. The van der Waals surface area contributed by atoms with Crippen molar-refractivity contribution in [1.82, 2.24) is 0 Å². The molecule has 0 fully saturated rings. The smallest absolute Gasteiger partial charge is 0.0676 e. The van der Waals surface area contributed by atoms with E-state index in [0.29, 0.717) is 0 Å². The summed E-state index contributed by atoms with van der Waals surface area (Å²) < 4.78 is 0. The Morgan fingerprint density at radius 1 is 1.00 bits per heavy atom. The molecule has 2 atom stereocenters. The highest BCUT2D eigenvalue weighted by Gasteiger charge is 2.44. The fourth-order valence-electron chi connectivity index (χ4n) is 4.85. The van der Waals surface area contributed by atoms with Gasteiger partial charge in [-0.3, -0.25) is 0 Å². The molecule has 2 nitrogen and oxygen atoms in total. The second kappa shape index (κ2) is 10.7. The van der Waals surface area contributed by atoms with E-state index in [1.165, 1.54) is 47.4 Å². The number of hydrogen-bond acceptors (Lipinski definition) is 3. The van der Waals surface area contributed by atoms with E-state index in [4.69, 9.17) is 0 Å². The van der Waals surface area contributed by atoms with Gasteiger partial charge in [-0.05, 0) is 48.6 Å². The fraction of sp³-hybridized carbons (Fsp3) is 0.556. The zero-order chi connectivity index (χ0) is 21.6. The third-order valence-corrected chi connectivity index (χ3v) is 8.19. The van der Waals surface area contributed by atoms with Gasteiger partial charge in [-0.2, -0.15) is 0 Å². The van der Waals surface area contributed by atoms with Crippen LogP contribution in [0.15, 0.2) is 53.4 Å². The molecular weight excluding hydrogens is 386 g/mol. The van der Waals surface area contributed by atoms with Gasteiger partial charge in [0.25, 0.3) is 0 Å². The Balaban J connectivity index is 2.06. The van der Waals surface area contributed by atoms with E-state index in [0.717, 1.165) is 25.0 Å². The van der Waals surface area contributed by atoms with E-state index >= 15 is 0 Å². The molecule has 30 heavy (non-hydrogen) atoms. The summed E-state index contributed by atoms with van der Waals surface area (Å²) in [6, 6.07) is 17.6. The number of rotatable bonds is 9. The average molecular weight is 426 g/mol. The number of thioether (sulfide) groups is 1. The Labute approximate surface area is 188 Å². The molecule has 0 bridgehead atoms. The summed E-state index contributed by atoms with van der Waals surface area (Å²) in [6.07, 6.45) is 7.58. The van der Waals surface area contributed by atoms with Crippen LogP contribution < -0.4 is 4.90 Å². The molecule has 1 aliphatic heterocycles. The highest BCUT2D eigenvalue weighted by Crippen LogP contribution is 2.50. The third kappa shape index (κ3) is 5.23. The molecule has 0 unspecified atom stereocenters. The van der Waals surface area contributed by atoms with Crippen molar-refractivity contribution in [2.24, 2.45) is 5.41 Å². The molecule has 0 aliphatic carbocycles. The summed E-state index contributed by atoms with van der Waals surface area (Å²) in [7, 11) is 4.20. The largest absolute Gasteiger partial charge is 0.392 e.